The van der Waals surface area contributed by atoms with Gasteiger partial charge in [0.25, 0.3) is 0 Å². The molecular formula is C13H16N2O. The molecule has 3 heteroatoms. The van der Waals surface area contributed by atoms with Gasteiger partial charge in [0.05, 0.1) is 11.9 Å². The standard InChI is InChI=1S/C13H16N2O/c1-9-5-4-6-12(10(9)2)11(3)13-7-14-8-15(13)16/h4-8,11,16H,1-3H3/t11-/m0/s1. The number of benzene rings is 1. The maximum atomic E-state index is 9.60. The van der Waals surface area contributed by atoms with E-state index in [9.17, 15) is 5.21 Å². The Morgan fingerprint density at radius 1 is 1.31 bits per heavy atom. The molecule has 0 aliphatic heterocycles. The molecule has 3 nitrogen and oxygen atoms in total. The first-order chi connectivity index (χ1) is 7.61. The number of aryl methyl sites for hydroxylation is 1. The van der Waals surface area contributed by atoms with Crippen LogP contribution < -0.4 is 0 Å². The Labute approximate surface area is 95.3 Å². The largest absolute Gasteiger partial charge is 0.427 e. The Hall–Kier alpha value is -1.77. The Kier molecular flexibility index (Phi) is 2.69. The highest BCUT2D eigenvalue weighted by Crippen LogP contribution is 2.27. The number of rotatable bonds is 2. The lowest BCUT2D eigenvalue weighted by atomic mass is 9.92. The zero-order chi connectivity index (χ0) is 11.7. The molecule has 0 bridgehead atoms. The molecule has 0 saturated heterocycles. The molecule has 16 heavy (non-hydrogen) atoms. The smallest absolute Gasteiger partial charge is 0.131 e. The highest BCUT2D eigenvalue weighted by molar-refractivity contribution is 5.38. The molecule has 2 rings (SSSR count). The minimum Gasteiger partial charge on any atom is -0.427 e. The first-order valence-electron chi connectivity index (χ1n) is 5.39. The fraction of sp³-hybridized carbons (Fsp3) is 0.308. The van der Waals surface area contributed by atoms with Crippen molar-refractivity contribution in [2.45, 2.75) is 26.7 Å². The van der Waals surface area contributed by atoms with Crippen molar-refractivity contribution in [1.29, 1.82) is 0 Å². The molecule has 2 aromatic rings. The van der Waals surface area contributed by atoms with Gasteiger partial charge in [0.2, 0.25) is 0 Å². The molecule has 1 heterocycles. The molecule has 1 atom stereocenters. The van der Waals surface area contributed by atoms with Crippen molar-refractivity contribution in [2.75, 3.05) is 0 Å². The molecule has 0 radical (unpaired) electrons. The highest BCUT2D eigenvalue weighted by Gasteiger charge is 2.15. The first-order valence-corrected chi connectivity index (χ1v) is 5.39. The van der Waals surface area contributed by atoms with Crippen LogP contribution in [0, 0.1) is 13.8 Å². The van der Waals surface area contributed by atoms with E-state index in [1.165, 1.54) is 23.0 Å². The van der Waals surface area contributed by atoms with E-state index >= 15 is 0 Å². The molecule has 1 N–H and O–H groups in total. The summed E-state index contributed by atoms with van der Waals surface area (Å²) in [5.41, 5.74) is 4.59. The average Bonchev–Trinajstić information content (AvgIpc) is 2.68. The van der Waals surface area contributed by atoms with Gasteiger partial charge in [-0.2, -0.15) is 4.73 Å². The lowest BCUT2D eigenvalue weighted by Crippen LogP contribution is -2.05. The number of imidazole rings is 1. The van der Waals surface area contributed by atoms with Crippen LogP contribution in [0.4, 0.5) is 0 Å². The van der Waals surface area contributed by atoms with Crippen molar-refractivity contribution in [1.82, 2.24) is 9.71 Å². The summed E-state index contributed by atoms with van der Waals surface area (Å²) in [7, 11) is 0. The Balaban J connectivity index is 2.46. The summed E-state index contributed by atoms with van der Waals surface area (Å²) in [5.74, 6) is 0.146. The van der Waals surface area contributed by atoms with Gasteiger partial charge < -0.3 is 5.21 Å². The van der Waals surface area contributed by atoms with Crippen LogP contribution in [-0.2, 0) is 0 Å². The predicted octanol–water partition coefficient (Wildman–Crippen LogP) is 2.89. The van der Waals surface area contributed by atoms with Crippen molar-refractivity contribution in [2.24, 2.45) is 0 Å². The van der Waals surface area contributed by atoms with Crippen molar-refractivity contribution < 1.29 is 5.21 Å². The summed E-state index contributed by atoms with van der Waals surface area (Å²) in [4.78, 5) is 3.93. The van der Waals surface area contributed by atoms with E-state index in [1.54, 1.807) is 6.20 Å². The van der Waals surface area contributed by atoms with Crippen LogP contribution in [0.25, 0.3) is 0 Å². The van der Waals surface area contributed by atoms with E-state index in [0.717, 1.165) is 10.4 Å². The fourth-order valence-electron chi connectivity index (χ4n) is 2.01. The minimum atomic E-state index is 0.146. The monoisotopic (exact) mass is 216 g/mol. The summed E-state index contributed by atoms with van der Waals surface area (Å²) in [6.45, 7) is 6.28. The van der Waals surface area contributed by atoms with Crippen molar-refractivity contribution in [3.05, 3.63) is 53.1 Å². The van der Waals surface area contributed by atoms with Gasteiger partial charge in [-0.25, -0.2) is 4.98 Å². The molecule has 0 saturated carbocycles. The topological polar surface area (TPSA) is 38.0 Å². The maximum Gasteiger partial charge on any atom is 0.131 e. The molecule has 0 fully saturated rings. The Morgan fingerprint density at radius 3 is 2.69 bits per heavy atom. The number of hydrogen-bond acceptors (Lipinski definition) is 2. The first kappa shape index (κ1) is 10.7. The van der Waals surface area contributed by atoms with Crippen LogP contribution in [0.2, 0.25) is 0 Å². The van der Waals surface area contributed by atoms with Crippen LogP contribution in [-0.4, -0.2) is 14.9 Å². The number of aromatic nitrogens is 2. The van der Waals surface area contributed by atoms with Gasteiger partial charge in [0.15, 0.2) is 0 Å². The normalized spacial score (nSPS) is 12.7. The van der Waals surface area contributed by atoms with Gasteiger partial charge in [-0.05, 0) is 30.5 Å². The Bertz CT molecular complexity index is 502. The van der Waals surface area contributed by atoms with Gasteiger partial charge in [-0.1, -0.05) is 25.1 Å². The second-order valence-corrected chi connectivity index (χ2v) is 4.17. The van der Waals surface area contributed by atoms with Gasteiger partial charge in [-0.15, -0.1) is 0 Å². The maximum absolute atomic E-state index is 9.60. The van der Waals surface area contributed by atoms with Crippen molar-refractivity contribution >= 4 is 0 Å². The lowest BCUT2D eigenvalue weighted by molar-refractivity contribution is 0.175. The number of nitrogens with zero attached hydrogens (tertiary/aromatic N) is 2. The van der Waals surface area contributed by atoms with Crippen molar-refractivity contribution in [3.63, 3.8) is 0 Å². The third-order valence-corrected chi connectivity index (χ3v) is 3.20. The zero-order valence-electron chi connectivity index (χ0n) is 9.81. The summed E-state index contributed by atoms with van der Waals surface area (Å²) in [6.07, 6.45) is 3.11. The SMILES string of the molecule is Cc1cccc([C@H](C)c2cncn2O)c1C. The van der Waals surface area contributed by atoms with Crippen LogP contribution in [0.5, 0.6) is 0 Å². The quantitative estimate of drug-likeness (QED) is 0.784. The van der Waals surface area contributed by atoms with Crippen molar-refractivity contribution in [3.8, 4) is 0 Å². The summed E-state index contributed by atoms with van der Waals surface area (Å²) >= 11 is 0. The van der Waals surface area contributed by atoms with E-state index in [4.69, 9.17) is 0 Å². The van der Waals surface area contributed by atoms with E-state index in [-0.39, 0.29) is 5.92 Å². The van der Waals surface area contributed by atoms with Gasteiger partial charge in [0, 0.05) is 5.92 Å². The molecule has 1 aromatic heterocycles. The van der Waals surface area contributed by atoms with Gasteiger partial charge >= 0.3 is 0 Å². The van der Waals surface area contributed by atoms with Crippen LogP contribution >= 0.6 is 0 Å². The molecule has 0 spiro atoms. The number of hydrogen-bond donors (Lipinski definition) is 1. The molecular weight excluding hydrogens is 200 g/mol. The third kappa shape index (κ3) is 1.69. The highest BCUT2D eigenvalue weighted by atomic mass is 16.5. The second-order valence-electron chi connectivity index (χ2n) is 4.17. The summed E-state index contributed by atoms with van der Waals surface area (Å²) < 4.78 is 1.09. The summed E-state index contributed by atoms with van der Waals surface area (Å²) in [6, 6.07) is 6.24. The van der Waals surface area contributed by atoms with E-state index < -0.39 is 0 Å². The Morgan fingerprint density at radius 2 is 2.06 bits per heavy atom. The summed E-state index contributed by atoms with van der Waals surface area (Å²) in [5, 5.41) is 9.60. The molecule has 0 aliphatic rings. The lowest BCUT2D eigenvalue weighted by Gasteiger charge is -2.15. The molecule has 0 amide bonds. The minimum absolute atomic E-state index is 0.146. The van der Waals surface area contributed by atoms with Gasteiger partial charge in [0.1, 0.15) is 6.33 Å². The average molecular weight is 216 g/mol. The van der Waals surface area contributed by atoms with E-state index in [1.807, 2.05) is 6.07 Å². The molecule has 1 aromatic carbocycles. The van der Waals surface area contributed by atoms with Gasteiger partial charge in [-0.3, -0.25) is 0 Å². The van der Waals surface area contributed by atoms with E-state index in [2.05, 4.69) is 37.9 Å². The molecule has 0 unspecified atom stereocenters. The fourth-order valence-corrected chi connectivity index (χ4v) is 2.01. The van der Waals surface area contributed by atoms with Crippen LogP contribution in [0.15, 0.2) is 30.7 Å². The van der Waals surface area contributed by atoms with Crippen LogP contribution in [0.1, 0.15) is 35.2 Å². The third-order valence-electron chi connectivity index (χ3n) is 3.20. The predicted molar refractivity (Wildman–Crippen MR) is 62.8 cm³/mol. The zero-order valence-corrected chi connectivity index (χ0v) is 9.81. The van der Waals surface area contributed by atoms with E-state index in [0.29, 0.717) is 0 Å². The van der Waals surface area contributed by atoms with Crippen LogP contribution in [0.3, 0.4) is 0 Å². The molecule has 0 aliphatic carbocycles. The molecule has 84 valence electrons. The second kappa shape index (κ2) is 4.00.